The highest BCUT2D eigenvalue weighted by atomic mass is 127. The topological polar surface area (TPSA) is 64.5 Å². The van der Waals surface area contributed by atoms with Crippen molar-refractivity contribution >= 4 is 18.0 Å². The number of rotatable bonds is 6. The van der Waals surface area contributed by atoms with Crippen LogP contribution >= 0.6 is 0 Å². The second-order valence-corrected chi connectivity index (χ2v) is 6.55. The SMILES string of the molecule is CC(C)(C)OC(=O)NCCc1ccc(NCC2=CC=CC=[N+]2)cc1.[I-]. The Bertz CT molecular complexity index is 644. The van der Waals surface area contributed by atoms with Gasteiger partial charge in [0.25, 0.3) is 5.70 Å². The zero-order valence-electron chi connectivity index (χ0n) is 14.9. The second kappa shape index (κ2) is 10.2. The van der Waals surface area contributed by atoms with E-state index in [1.807, 2.05) is 51.1 Å². The highest BCUT2D eigenvalue weighted by Gasteiger charge is 2.15. The van der Waals surface area contributed by atoms with Gasteiger partial charge in [-0.1, -0.05) is 12.1 Å². The fraction of sp³-hybridized carbons (Fsp3) is 0.368. The third-order valence-corrected chi connectivity index (χ3v) is 3.24. The van der Waals surface area contributed by atoms with E-state index in [-0.39, 0.29) is 30.1 Å². The average Bonchev–Trinajstić information content (AvgIpc) is 2.53. The van der Waals surface area contributed by atoms with Crippen molar-refractivity contribution in [2.75, 3.05) is 18.4 Å². The summed E-state index contributed by atoms with van der Waals surface area (Å²) < 4.78 is 5.20. The van der Waals surface area contributed by atoms with E-state index in [0.717, 1.165) is 23.4 Å². The van der Waals surface area contributed by atoms with Crippen molar-refractivity contribution < 1.29 is 33.5 Å². The monoisotopic (exact) mass is 454 g/mol. The molecule has 25 heavy (non-hydrogen) atoms. The van der Waals surface area contributed by atoms with Gasteiger partial charge in [0.2, 0.25) is 6.21 Å². The minimum Gasteiger partial charge on any atom is -1.00 e. The summed E-state index contributed by atoms with van der Waals surface area (Å²) in [6, 6.07) is 8.17. The molecule has 2 rings (SSSR count). The van der Waals surface area contributed by atoms with Crippen LogP contribution in [0, 0.1) is 0 Å². The van der Waals surface area contributed by atoms with Crippen LogP contribution in [0.1, 0.15) is 26.3 Å². The molecule has 5 nitrogen and oxygen atoms in total. The highest BCUT2D eigenvalue weighted by molar-refractivity contribution is 5.73. The molecule has 1 heterocycles. The lowest BCUT2D eigenvalue weighted by molar-refractivity contribution is -0.0000271. The van der Waals surface area contributed by atoms with Crippen molar-refractivity contribution in [2.45, 2.75) is 32.8 Å². The standard InChI is InChI=1S/C19H25N3O2.HI/c1-19(2,3)24-18(23)21-13-11-15-7-9-16(10-8-15)22-14-17-6-4-5-12-20-17;/h4-10,12,22H,11,13-14H2,1-3H3,(H,21,23);1H/q+1;/p-1. The molecule has 1 aromatic rings. The second-order valence-electron chi connectivity index (χ2n) is 6.55. The number of allylic oxidation sites excluding steroid dienone is 3. The quantitative estimate of drug-likeness (QED) is 0.597. The Morgan fingerprint density at radius 2 is 1.88 bits per heavy atom. The zero-order valence-corrected chi connectivity index (χ0v) is 17.0. The fourth-order valence-electron chi connectivity index (χ4n) is 2.11. The number of ether oxygens (including phenoxy) is 1. The number of halogens is 1. The minimum atomic E-state index is -0.467. The van der Waals surface area contributed by atoms with E-state index in [2.05, 4.69) is 27.8 Å². The lowest BCUT2D eigenvalue weighted by Gasteiger charge is -2.19. The maximum Gasteiger partial charge on any atom is 0.407 e. The van der Waals surface area contributed by atoms with Gasteiger partial charge in [0, 0.05) is 24.4 Å². The molecule has 0 saturated carbocycles. The van der Waals surface area contributed by atoms with E-state index in [9.17, 15) is 4.79 Å². The maximum absolute atomic E-state index is 11.6. The Labute approximate surface area is 166 Å². The van der Waals surface area contributed by atoms with Gasteiger partial charge in [0.05, 0.1) is 4.99 Å². The van der Waals surface area contributed by atoms with Crippen molar-refractivity contribution in [1.29, 1.82) is 0 Å². The van der Waals surface area contributed by atoms with E-state index in [1.54, 1.807) is 6.21 Å². The molecule has 2 N–H and O–H groups in total. The number of hydrogen-bond acceptors (Lipinski definition) is 4. The number of nitrogens with zero attached hydrogens (tertiary/aromatic N) is 1. The summed E-state index contributed by atoms with van der Waals surface area (Å²) in [6.45, 7) is 6.80. The molecule has 0 unspecified atom stereocenters. The molecule has 1 amide bonds. The average molecular weight is 454 g/mol. The van der Waals surface area contributed by atoms with Crippen LogP contribution in [0.15, 0.2) is 48.2 Å². The predicted octanol–water partition coefficient (Wildman–Crippen LogP) is 0.0300. The molecule has 0 aliphatic carbocycles. The normalized spacial score (nSPS) is 12.8. The first-order valence-electron chi connectivity index (χ1n) is 8.12. The molecule has 1 radical (unpaired) electrons. The Morgan fingerprint density at radius 1 is 1.16 bits per heavy atom. The smallest absolute Gasteiger partial charge is 0.407 e. The summed E-state index contributed by atoms with van der Waals surface area (Å²) in [7, 11) is 0. The lowest BCUT2D eigenvalue weighted by atomic mass is 10.1. The van der Waals surface area contributed by atoms with Crippen molar-refractivity contribution in [3.63, 3.8) is 0 Å². The number of hydrogen-bond donors (Lipinski definition) is 2. The number of alkyl carbamates (subject to hydrolysis) is 1. The molecule has 1 aromatic carbocycles. The van der Waals surface area contributed by atoms with Gasteiger partial charge in [-0.2, -0.15) is 0 Å². The molecule has 0 spiro atoms. The van der Waals surface area contributed by atoms with Gasteiger partial charge >= 0.3 is 6.09 Å². The zero-order chi connectivity index (χ0) is 17.4. The summed E-state index contributed by atoms with van der Waals surface area (Å²) in [6.07, 6.45) is 8.05. The predicted molar refractivity (Wildman–Crippen MR) is 98.3 cm³/mol. The number of carbonyl (C=O) groups is 1. The van der Waals surface area contributed by atoms with Crippen molar-refractivity contribution in [3.05, 3.63) is 53.8 Å². The largest absolute Gasteiger partial charge is 1.00 e. The van der Waals surface area contributed by atoms with Crippen LogP contribution in [0.2, 0.25) is 0 Å². The van der Waals surface area contributed by atoms with E-state index in [1.165, 1.54) is 0 Å². The van der Waals surface area contributed by atoms with Gasteiger partial charge in [0.1, 0.15) is 12.1 Å². The number of carbonyl (C=O) groups excluding carboxylic acids is 1. The van der Waals surface area contributed by atoms with Crippen LogP contribution in [-0.2, 0) is 11.2 Å². The third kappa shape index (κ3) is 8.72. The fourth-order valence-corrected chi connectivity index (χ4v) is 2.11. The van der Waals surface area contributed by atoms with Gasteiger partial charge in [-0.3, -0.25) is 0 Å². The lowest BCUT2D eigenvalue weighted by Crippen LogP contribution is -3.00. The first kappa shape index (κ1) is 21.2. The molecule has 6 heteroatoms. The third-order valence-electron chi connectivity index (χ3n) is 3.24. The highest BCUT2D eigenvalue weighted by Crippen LogP contribution is 2.11. The molecular formula is C19H25IN3O2. The van der Waals surface area contributed by atoms with Gasteiger partial charge in [-0.25, -0.2) is 4.79 Å². The number of amides is 1. The minimum absolute atomic E-state index is 0. The molecule has 1 aliphatic rings. The molecule has 1 aliphatic heterocycles. The summed E-state index contributed by atoms with van der Waals surface area (Å²) in [5.41, 5.74) is 2.74. The summed E-state index contributed by atoms with van der Waals surface area (Å²) in [5, 5.41) is 6.10. The van der Waals surface area contributed by atoms with Crippen LogP contribution in [0.3, 0.4) is 0 Å². The number of nitrogens with one attached hydrogen (secondary N) is 2. The Morgan fingerprint density at radius 3 is 2.48 bits per heavy atom. The first-order valence-corrected chi connectivity index (χ1v) is 8.12. The molecule has 0 saturated heterocycles. The van der Waals surface area contributed by atoms with Gasteiger partial charge < -0.3 is 39.3 Å². The first-order chi connectivity index (χ1) is 11.4. The molecule has 0 fully saturated rings. The van der Waals surface area contributed by atoms with Crippen LogP contribution < -0.4 is 39.6 Å². The van der Waals surface area contributed by atoms with Gasteiger partial charge in [-0.15, -0.1) is 0 Å². The van der Waals surface area contributed by atoms with E-state index < -0.39 is 5.60 Å². The van der Waals surface area contributed by atoms with Crippen LogP contribution in [-0.4, -0.2) is 31.0 Å². The van der Waals surface area contributed by atoms with E-state index in [4.69, 9.17) is 4.74 Å². The number of benzene rings is 1. The summed E-state index contributed by atoms with van der Waals surface area (Å²) in [5.74, 6) is 0. The Balaban J connectivity index is 0.00000312. The van der Waals surface area contributed by atoms with E-state index in [0.29, 0.717) is 13.1 Å². The van der Waals surface area contributed by atoms with Crippen molar-refractivity contribution in [2.24, 2.45) is 0 Å². The molecular weight excluding hydrogens is 429 g/mol. The summed E-state index contributed by atoms with van der Waals surface area (Å²) >= 11 is 0. The van der Waals surface area contributed by atoms with Crippen LogP contribution in [0.25, 0.3) is 0 Å². The molecule has 0 aromatic heterocycles. The maximum atomic E-state index is 11.6. The molecule has 0 bridgehead atoms. The van der Waals surface area contributed by atoms with E-state index >= 15 is 0 Å². The number of aliphatic imine (C=N–C) groups is 1. The van der Waals surface area contributed by atoms with Crippen molar-refractivity contribution in [3.8, 4) is 0 Å². The molecule has 135 valence electrons. The van der Waals surface area contributed by atoms with Crippen LogP contribution in [0.5, 0.6) is 0 Å². The van der Waals surface area contributed by atoms with Gasteiger partial charge in [0.15, 0.2) is 0 Å². The number of anilines is 1. The Hall–Kier alpha value is -1.83. The van der Waals surface area contributed by atoms with Crippen LogP contribution in [0.4, 0.5) is 10.5 Å². The van der Waals surface area contributed by atoms with Gasteiger partial charge in [-0.05, 0) is 51.0 Å². The van der Waals surface area contributed by atoms with Crippen molar-refractivity contribution in [1.82, 2.24) is 10.3 Å². The summed E-state index contributed by atoms with van der Waals surface area (Å²) in [4.78, 5) is 15.9. The Kier molecular flexibility index (Phi) is 8.68. The molecule has 0 atom stereocenters.